The number of ether oxygens (including phenoxy) is 1. The van der Waals surface area contributed by atoms with Crippen LogP contribution in [0.4, 0.5) is 5.69 Å². The van der Waals surface area contributed by atoms with Crippen LogP contribution in [0.15, 0.2) is 24.3 Å². The van der Waals surface area contributed by atoms with Crippen LogP contribution in [0, 0.1) is 23.7 Å². The second-order valence-electron chi connectivity index (χ2n) is 6.49. The number of hydrogen-bond donors (Lipinski definition) is 1. The van der Waals surface area contributed by atoms with Crippen molar-refractivity contribution in [3.8, 4) is 0 Å². The molecule has 2 bridgehead atoms. The second kappa shape index (κ2) is 6.63. The lowest BCUT2D eigenvalue weighted by Crippen LogP contribution is -2.43. The normalized spacial score (nSPS) is 27.7. The van der Waals surface area contributed by atoms with Crippen molar-refractivity contribution in [2.75, 3.05) is 11.9 Å². The van der Waals surface area contributed by atoms with Crippen molar-refractivity contribution in [1.29, 1.82) is 0 Å². The zero-order chi connectivity index (χ0) is 17.3. The summed E-state index contributed by atoms with van der Waals surface area (Å²) in [5.74, 6) is -3.02. The van der Waals surface area contributed by atoms with Gasteiger partial charge in [0.2, 0.25) is 5.91 Å². The Labute approximate surface area is 140 Å². The standard InChI is InChI=1S/C18H21NO5/c1-2-24-18(23)12-4-3-5-13(9-12)19-16(20)14-10-6-7-11(8-10)15(14)17(21)22/h3-5,9-11,14-15H,2,6-8H2,1H3,(H,19,20)(H,21,22)/p-1/t10-,11-,14+,15-/m0/s1. The first-order chi connectivity index (χ1) is 11.5. The number of carboxylic acids is 1. The van der Waals surface area contributed by atoms with Gasteiger partial charge in [-0.2, -0.15) is 0 Å². The fraction of sp³-hybridized carbons (Fsp3) is 0.500. The summed E-state index contributed by atoms with van der Waals surface area (Å²) in [6.45, 7) is 1.99. The van der Waals surface area contributed by atoms with Gasteiger partial charge in [0, 0.05) is 23.5 Å². The molecule has 4 atom stereocenters. The third kappa shape index (κ3) is 3.00. The number of anilines is 1. The third-order valence-electron chi connectivity index (χ3n) is 5.13. The summed E-state index contributed by atoms with van der Waals surface area (Å²) in [5.41, 5.74) is 0.810. The Morgan fingerprint density at radius 1 is 1.21 bits per heavy atom. The van der Waals surface area contributed by atoms with Crippen molar-refractivity contribution < 1.29 is 24.2 Å². The van der Waals surface area contributed by atoms with Gasteiger partial charge in [-0.3, -0.25) is 4.79 Å². The monoisotopic (exact) mass is 330 g/mol. The number of amides is 1. The Hall–Kier alpha value is -2.37. The van der Waals surface area contributed by atoms with E-state index in [0.717, 1.165) is 19.3 Å². The van der Waals surface area contributed by atoms with Crippen LogP contribution in [-0.4, -0.2) is 24.5 Å². The molecule has 2 fully saturated rings. The highest BCUT2D eigenvalue weighted by Crippen LogP contribution is 2.52. The maximum absolute atomic E-state index is 12.6. The van der Waals surface area contributed by atoms with Crippen molar-refractivity contribution in [3.63, 3.8) is 0 Å². The van der Waals surface area contributed by atoms with E-state index in [0.29, 0.717) is 11.3 Å². The molecule has 0 saturated heterocycles. The van der Waals surface area contributed by atoms with Crippen molar-refractivity contribution in [3.05, 3.63) is 29.8 Å². The smallest absolute Gasteiger partial charge is 0.338 e. The number of carboxylic acid groups (broad SMARTS) is 1. The maximum atomic E-state index is 12.6. The number of nitrogens with one attached hydrogen (secondary N) is 1. The van der Waals surface area contributed by atoms with Crippen molar-refractivity contribution in [1.82, 2.24) is 0 Å². The molecule has 1 aromatic carbocycles. The maximum Gasteiger partial charge on any atom is 0.338 e. The number of benzene rings is 1. The van der Waals surface area contributed by atoms with Crippen molar-refractivity contribution in [2.24, 2.45) is 23.7 Å². The number of rotatable bonds is 5. The predicted molar refractivity (Wildman–Crippen MR) is 83.8 cm³/mol. The SMILES string of the molecule is CCOC(=O)c1cccc(NC(=O)[C@@H]2[C@H]3CC[C@@H](C3)[C@@H]2C(=O)[O-])c1. The van der Waals surface area contributed by atoms with Crippen molar-refractivity contribution in [2.45, 2.75) is 26.2 Å². The van der Waals surface area contributed by atoms with Gasteiger partial charge in [0.05, 0.1) is 12.2 Å². The molecule has 0 aromatic heterocycles. The molecule has 2 saturated carbocycles. The first-order valence-electron chi connectivity index (χ1n) is 8.30. The fourth-order valence-electron chi connectivity index (χ4n) is 4.17. The van der Waals surface area contributed by atoms with E-state index in [1.54, 1.807) is 25.1 Å². The molecule has 1 N–H and O–H groups in total. The van der Waals surface area contributed by atoms with Crippen LogP contribution in [-0.2, 0) is 14.3 Å². The molecular formula is C18H20NO5-. The molecule has 2 aliphatic rings. The molecule has 1 aromatic rings. The van der Waals surface area contributed by atoms with E-state index in [1.807, 2.05) is 0 Å². The summed E-state index contributed by atoms with van der Waals surface area (Å²) in [7, 11) is 0. The predicted octanol–water partition coefficient (Wildman–Crippen LogP) is 1.21. The van der Waals surface area contributed by atoms with Crippen LogP contribution >= 0.6 is 0 Å². The Balaban J connectivity index is 1.74. The molecule has 24 heavy (non-hydrogen) atoms. The molecule has 0 radical (unpaired) electrons. The Morgan fingerprint density at radius 2 is 1.92 bits per heavy atom. The lowest BCUT2D eigenvalue weighted by atomic mass is 9.78. The van der Waals surface area contributed by atoms with Crippen LogP contribution in [0.2, 0.25) is 0 Å². The number of aliphatic carboxylic acids is 1. The van der Waals surface area contributed by atoms with Crippen molar-refractivity contribution >= 4 is 23.5 Å². The second-order valence-corrected chi connectivity index (χ2v) is 6.49. The molecule has 0 spiro atoms. The average molecular weight is 330 g/mol. The van der Waals surface area contributed by atoms with E-state index in [2.05, 4.69) is 5.32 Å². The highest BCUT2D eigenvalue weighted by Gasteiger charge is 2.51. The molecule has 2 aliphatic carbocycles. The zero-order valence-electron chi connectivity index (χ0n) is 13.5. The van der Waals surface area contributed by atoms with E-state index in [1.165, 1.54) is 6.07 Å². The molecular weight excluding hydrogens is 310 g/mol. The van der Waals surface area contributed by atoms with Gasteiger partial charge in [0.15, 0.2) is 0 Å². The van der Waals surface area contributed by atoms with Crippen LogP contribution in [0.3, 0.4) is 0 Å². The minimum Gasteiger partial charge on any atom is -0.550 e. The molecule has 0 unspecified atom stereocenters. The van der Waals surface area contributed by atoms with Gasteiger partial charge in [-0.25, -0.2) is 4.79 Å². The Kier molecular flexibility index (Phi) is 4.55. The van der Waals surface area contributed by atoms with E-state index in [4.69, 9.17) is 4.74 Å². The van der Waals surface area contributed by atoms with Gasteiger partial charge in [-0.15, -0.1) is 0 Å². The van der Waals surface area contributed by atoms with Gasteiger partial charge in [0.25, 0.3) is 0 Å². The molecule has 6 heteroatoms. The van der Waals surface area contributed by atoms with E-state index in [-0.39, 0.29) is 24.3 Å². The van der Waals surface area contributed by atoms with Gasteiger partial charge in [-0.1, -0.05) is 6.07 Å². The minimum absolute atomic E-state index is 0.0432. The van der Waals surface area contributed by atoms with E-state index >= 15 is 0 Å². The Bertz CT molecular complexity index is 671. The lowest BCUT2D eigenvalue weighted by Gasteiger charge is -2.30. The summed E-state index contributed by atoms with van der Waals surface area (Å²) in [5, 5.41) is 14.2. The lowest BCUT2D eigenvalue weighted by molar-refractivity contribution is -0.314. The number of esters is 1. The summed E-state index contributed by atoms with van der Waals surface area (Å²) >= 11 is 0. The Morgan fingerprint density at radius 3 is 2.58 bits per heavy atom. The molecule has 128 valence electrons. The highest BCUT2D eigenvalue weighted by atomic mass is 16.5. The van der Waals surface area contributed by atoms with Crippen LogP contribution in [0.1, 0.15) is 36.5 Å². The zero-order valence-corrected chi connectivity index (χ0v) is 13.5. The minimum atomic E-state index is -1.14. The number of carbonyl (C=O) groups excluding carboxylic acids is 3. The third-order valence-corrected chi connectivity index (χ3v) is 5.13. The summed E-state index contributed by atoms with van der Waals surface area (Å²) in [6, 6.07) is 6.47. The van der Waals surface area contributed by atoms with Gasteiger partial charge >= 0.3 is 5.97 Å². The summed E-state index contributed by atoms with van der Waals surface area (Å²) in [6.07, 6.45) is 2.51. The quantitative estimate of drug-likeness (QED) is 0.819. The van der Waals surface area contributed by atoms with Gasteiger partial charge in [-0.05, 0) is 56.2 Å². The van der Waals surface area contributed by atoms with Crippen LogP contribution in [0.25, 0.3) is 0 Å². The van der Waals surface area contributed by atoms with Gasteiger partial charge in [0.1, 0.15) is 0 Å². The first kappa shape index (κ1) is 16.5. The molecule has 6 nitrogen and oxygen atoms in total. The topological polar surface area (TPSA) is 95.5 Å². The number of carbonyl (C=O) groups is 3. The van der Waals surface area contributed by atoms with Gasteiger partial charge < -0.3 is 20.0 Å². The van der Waals surface area contributed by atoms with E-state index < -0.39 is 23.8 Å². The highest BCUT2D eigenvalue weighted by molar-refractivity contribution is 5.97. The summed E-state index contributed by atoms with van der Waals surface area (Å²) in [4.78, 5) is 35.8. The molecule has 1 amide bonds. The molecule has 0 heterocycles. The average Bonchev–Trinajstić information content (AvgIpc) is 3.16. The van der Waals surface area contributed by atoms with Crippen LogP contribution in [0.5, 0.6) is 0 Å². The van der Waals surface area contributed by atoms with E-state index in [9.17, 15) is 19.5 Å². The summed E-state index contributed by atoms with van der Waals surface area (Å²) < 4.78 is 4.94. The largest absolute Gasteiger partial charge is 0.550 e. The fourth-order valence-corrected chi connectivity index (χ4v) is 4.17. The first-order valence-corrected chi connectivity index (χ1v) is 8.30. The molecule has 3 rings (SSSR count). The van der Waals surface area contributed by atoms with Crippen LogP contribution < -0.4 is 10.4 Å². The number of fused-ring (bicyclic) bond motifs is 2. The number of hydrogen-bond acceptors (Lipinski definition) is 5. The molecule has 0 aliphatic heterocycles.